The Morgan fingerprint density at radius 2 is 1.91 bits per heavy atom. The zero-order chi connectivity index (χ0) is 16.4. The summed E-state index contributed by atoms with van der Waals surface area (Å²) in [6.45, 7) is 12.7. The fraction of sp³-hybridized carbons (Fsp3) is 0.444. The number of nitrogens with one attached hydrogen (secondary N) is 1. The molecule has 0 bridgehead atoms. The van der Waals surface area contributed by atoms with Gasteiger partial charge in [0, 0.05) is 11.4 Å². The van der Waals surface area contributed by atoms with Crippen molar-refractivity contribution in [2.75, 3.05) is 5.32 Å². The van der Waals surface area contributed by atoms with Crippen molar-refractivity contribution < 1.29 is 4.79 Å². The molecule has 118 valence electrons. The first kappa shape index (κ1) is 16.3. The van der Waals surface area contributed by atoms with Gasteiger partial charge in [0.15, 0.2) is 0 Å². The minimum atomic E-state index is -0.141. The topological polar surface area (TPSA) is 46.9 Å². The molecule has 1 amide bonds. The van der Waals surface area contributed by atoms with Crippen LogP contribution in [0.4, 0.5) is 5.69 Å². The molecule has 0 spiro atoms. The largest absolute Gasteiger partial charge is 0.326 e. The molecule has 1 atom stereocenters. The SMILES string of the molecule is Cc1ccc(NC(=O)[C@@H](C)Cn2nc(C)c(C)c2C)c(C)c1. The van der Waals surface area contributed by atoms with E-state index in [9.17, 15) is 4.79 Å². The molecule has 4 heteroatoms. The van der Waals surface area contributed by atoms with Crippen LogP contribution in [-0.2, 0) is 11.3 Å². The summed E-state index contributed by atoms with van der Waals surface area (Å²) in [6, 6.07) is 6.05. The van der Waals surface area contributed by atoms with Crippen LogP contribution in [0.15, 0.2) is 18.2 Å². The van der Waals surface area contributed by atoms with Gasteiger partial charge in [-0.3, -0.25) is 9.48 Å². The number of amides is 1. The summed E-state index contributed by atoms with van der Waals surface area (Å²) < 4.78 is 1.93. The lowest BCUT2D eigenvalue weighted by molar-refractivity contribution is -0.119. The predicted octanol–water partition coefficient (Wildman–Crippen LogP) is 3.70. The zero-order valence-corrected chi connectivity index (χ0v) is 14.3. The van der Waals surface area contributed by atoms with Crippen molar-refractivity contribution >= 4 is 11.6 Å². The maximum atomic E-state index is 12.4. The van der Waals surface area contributed by atoms with Gasteiger partial charge in [0.25, 0.3) is 0 Å². The molecule has 1 N–H and O–H groups in total. The van der Waals surface area contributed by atoms with E-state index in [1.165, 1.54) is 11.1 Å². The molecule has 1 heterocycles. The van der Waals surface area contributed by atoms with Crippen LogP contribution in [0.3, 0.4) is 0 Å². The van der Waals surface area contributed by atoms with E-state index in [1.807, 2.05) is 51.4 Å². The number of nitrogens with zero attached hydrogens (tertiary/aromatic N) is 2. The second-order valence-corrected chi connectivity index (χ2v) is 6.19. The molecule has 22 heavy (non-hydrogen) atoms. The summed E-state index contributed by atoms with van der Waals surface area (Å²) in [6.07, 6.45) is 0. The van der Waals surface area contributed by atoms with Crippen molar-refractivity contribution in [3.05, 3.63) is 46.3 Å². The lowest BCUT2D eigenvalue weighted by atomic mass is 10.1. The van der Waals surface area contributed by atoms with Gasteiger partial charge in [-0.25, -0.2) is 0 Å². The first-order valence-electron chi connectivity index (χ1n) is 7.68. The fourth-order valence-corrected chi connectivity index (χ4v) is 2.52. The highest BCUT2D eigenvalue weighted by molar-refractivity contribution is 5.93. The van der Waals surface area contributed by atoms with Gasteiger partial charge in [-0.15, -0.1) is 0 Å². The Labute approximate surface area is 132 Å². The molecule has 0 saturated carbocycles. The monoisotopic (exact) mass is 299 g/mol. The summed E-state index contributed by atoms with van der Waals surface area (Å²) in [5.41, 5.74) is 6.52. The minimum absolute atomic E-state index is 0.0251. The van der Waals surface area contributed by atoms with Gasteiger partial charge in [-0.2, -0.15) is 5.10 Å². The molecule has 0 aliphatic carbocycles. The molecule has 2 aromatic rings. The number of carbonyl (C=O) groups excluding carboxylic acids is 1. The Hall–Kier alpha value is -2.10. The van der Waals surface area contributed by atoms with Gasteiger partial charge >= 0.3 is 0 Å². The normalized spacial score (nSPS) is 12.3. The molecular formula is C18H25N3O. The molecule has 0 unspecified atom stereocenters. The molecular weight excluding hydrogens is 274 g/mol. The second-order valence-electron chi connectivity index (χ2n) is 6.19. The third-order valence-corrected chi connectivity index (χ3v) is 4.28. The number of anilines is 1. The van der Waals surface area contributed by atoms with Gasteiger partial charge in [0.05, 0.1) is 18.2 Å². The third-order valence-electron chi connectivity index (χ3n) is 4.28. The highest BCUT2D eigenvalue weighted by Gasteiger charge is 2.17. The zero-order valence-electron chi connectivity index (χ0n) is 14.3. The maximum absolute atomic E-state index is 12.4. The first-order valence-corrected chi connectivity index (χ1v) is 7.68. The summed E-state index contributed by atoms with van der Waals surface area (Å²) >= 11 is 0. The number of hydrogen-bond acceptors (Lipinski definition) is 2. The van der Waals surface area contributed by atoms with Crippen molar-refractivity contribution in [2.45, 2.75) is 48.1 Å². The van der Waals surface area contributed by atoms with E-state index in [0.29, 0.717) is 6.54 Å². The number of aryl methyl sites for hydroxylation is 3. The van der Waals surface area contributed by atoms with Crippen LogP contribution in [0.2, 0.25) is 0 Å². The molecule has 0 radical (unpaired) electrons. The number of aromatic nitrogens is 2. The van der Waals surface area contributed by atoms with Crippen molar-refractivity contribution in [1.29, 1.82) is 0 Å². The summed E-state index contributed by atoms with van der Waals surface area (Å²) in [5, 5.41) is 7.52. The van der Waals surface area contributed by atoms with Gasteiger partial charge < -0.3 is 5.32 Å². The van der Waals surface area contributed by atoms with Crippen LogP contribution in [0.25, 0.3) is 0 Å². The van der Waals surface area contributed by atoms with E-state index < -0.39 is 0 Å². The average Bonchev–Trinajstić information content (AvgIpc) is 2.69. The van der Waals surface area contributed by atoms with E-state index in [0.717, 1.165) is 22.6 Å². The first-order chi connectivity index (χ1) is 10.3. The molecule has 0 saturated heterocycles. The Morgan fingerprint density at radius 1 is 1.23 bits per heavy atom. The van der Waals surface area contributed by atoms with E-state index in [2.05, 4.69) is 23.4 Å². The molecule has 1 aromatic heterocycles. The Kier molecular flexibility index (Phi) is 4.69. The number of hydrogen-bond donors (Lipinski definition) is 1. The van der Waals surface area contributed by atoms with Crippen LogP contribution < -0.4 is 5.32 Å². The summed E-state index contributed by atoms with van der Waals surface area (Å²) in [4.78, 5) is 12.4. The number of carbonyl (C=O) groups is 1. The van der Waals surface area contributed by atoms with Crippen molar-refractivity contribution in [1.82, 2.24) is 9.78 Å². The minimum Gasteiger partial charge on any atom is -0.326 e. The second kappa shape index (κ2) is 6.34. The highest BCUT2D eigenvalue weighted by atomic mass is 16.1. The quantitative estimate of drug-likeness (QED) is 0.935. The van der Waals surface area contributed by atoms with E-state index in [-0.39, 0.29) is 11.8 Å². The van der Waals surface area contributed by atoms with Crippen molar-refractivity contribution in [2.24, 2.45) is 5.92 Å². The van der Waals surface area contributed by atoms with Crippen LogP contribution in [-0.4, -0.2) is 15.7 Å². The lowest BCUT2D eigenvalue weighted by Crippen LogP contribution is -2.25. The van der Waals surface area contributed by atoms with Gasteiger partial charge in [-0.1, -0.05) is 24.6 Å². The summed E-state index contributed by atoms with van der Waals surface area (Å²) in [5.74, 6) is -0.115. The molecule has 0 aliphatic heterocycles. The van der Waals surface area contributed by atoms with E-state index >= 15 is 0 Å². The van der Waals surface area contributed by atoms with Gasteiger partial charge in [0.2, 0.25) is 5.91 Å². The molecule has 4 nitrogen and oxygen atoms in total. The highest BCUT2D eigenvalue weighted by Crippen LogP contribution is 2.18. The molecule has 1 aromatic carbocycles. The maximum Gasteiger partial charge on any atom is 0.229 e. The van der Waals surface area contributed by atoms with Crippen LogP contribution in [0, 0.1) is 40.5 Å². The van der Waals surface area contributed by atoms with E-state index in [1.54, 1.807) is 0 Å². The van der Waals surface area contributed by atoms with Gasteiger partial charge in [0.1, 0.15) is 0 Å². The Morgan fingerprint density at radius 3 is 2.45 bits per heavy atom. The number of rotatable bonds is 4. The molecule has 0 aliphatic rings. The lowest BCUT2D eigenvalue weighted by Gasteiger charge is -2.15. The van der Waals surface area contributed by atoms with E-state index in [4.69, 9.17) is 0 Å². The van der Waals surface area contributed by atoms with Crippen LogP contribution >= 0.6 is 0 Å². The Bertz CT molecular complexity index is 701. The van der Waals surface area contributed by atoms with Crippen molar-refractivity contribution in [3.63, 3.8) is 0 Å². The average molecular weight is 299 g/mol. The standard InChI is InChI=1S/C18H25N3O/c1-11-7-8-17(12(2)9-11)19-18(22)13(3)10-21-16(6)14(4)15(5)20-21/h7-9,13H,10H2,1-6H3,(H,19,22)/t13-/m0/s1. The van der Waals surface area contributed by atoms with Gasteiger partial charge in [-0.05, 0) is 51.8 Å². The smallest absolute Gasteiger partial charge is 0.229 e. The molecule has 0 fully saturated rings. The van der Waals surface area contributed by atoms with Crippen molar-refractivity contribution in [3.8, 4) is 0 Å². The summed E-state index contributed by atoms with van der Waals surface area (Å²) in [7, 11) is 0. The third kappa shape index (κ3) is 3.38. The van der Waals surface area contributed by atoms with Crippen LogP contribution in [0.5, 0.6) is 0 Å². The Balaban J connectivity index is 2.07. The molecule has 2 rings (SSSR count). The number of benzene rings is 1. The van der Waals surface area contributed by atoms with Crippen LogP contribution in [0.1, 0.15) is 35.0 Å². The fourth-order valence-electron chi connectivity index (χ4n) is 2.52. The predicted molar refractivity (Wildman–Crippen MR) is 90.1 cm³/mol.